The maximum atomic E-state index is 10.3. The van der Waals surface area contributed by atoms with Crippen LogP contribution < -0.4 is 5.32 Å². The van der Waals surface area contributed by atoms with Crippen LogP contribution in [0.15, 0.2) is 11.6 Å². The number of rotatable bonds is 7. The van der Waals surface area contributed by atoms with Gasteiger partial charge in [0.15, 0.2) is 0 Å². The molecule has 0 amide bonds. The molecule has 15 heavy (non-hydrogen) atoms. The largest absolute Gasteiger partial charge is 0.478 e. The number of likely N-dealkylation sites (N-methyl/N-ethyl adjacent to an activating group) is 1. The van der Waals surface area contributed by atoms with E-state index >= 15 is 0 Å². The first-order valence-electron chi connectivity index (χ1n) is 5.24. The number of nitrogens with zero attached hydrogens (tertiary/aromatic N) is 1. The van der Waals surface area contributed by atoms with E-state index in [1.165, 1.54) is 6.08 Å². The summed E-state index contributed by atoms with van der Waals surface area (Å²) in [6.45, 7) is 8.59. The monoisotopic (exact) mass is 214 g/mol. The van der Waals surface area contributed by atoms with Crippen molar-refractivity contribution in [2.75, 3.05) is 26.7 Å². The van der Waals surface area contributed by atoms with Crippen LogP contribution in [0.3, 0.4) is 0 Å². The highest BCUT2D eigenvalue weighted by molar-refractivity contribution is 5.80. The van der Waals surface area contributed by atoms with E-state index in [1.807, 2.05) is 6.92 Å². The average Bonchev–Trinajstić information content (AvgIpc) is 2.10. The van der Waals surface area contributed by atoms with Crippen LogP contribution >= 0.6 is 0 Å². The lowest BCUT2D eigenvalue weighted by atomic mass is 10.3. The molecule has 0 aliphatic heterocycles. The molecule has 0 heterocycles. The van der Waals surface area contributed by atoms with Gasteiger partial charge in [0.2, 0.25) is 0 Å². The van der Waals surface area contributed by atoms with Gasteiger partial charge in [-0.25, -0.2) is 4.79 Å². The molecule has 0 aromatic carbocycles. The summed E-state index contributed by atoms with van der Waals surface area (Å²) in [5.74, 6) is -0.881. The number of carbonyl (C=O) groups is 1. The summed E-state index contributed by atoms with van der Waals surface area (Å²) in [6.07, 6.45) is 1.24. The van der Waals surface area contributed by atoms with Gasteiger partial charge in [0.05, 0.1) is 0 Å². The van der Waals surface area contributed by atoms with Gasteiger partial charge in [-0.1, -0.05) is 5.57 Å². The van der Waals surface area contributed by atoms with Gasteiger partial charge in [-0.15, -0.1) is 0 Å². The van der Waals surface area contributed by atoms with Gasteiger partial charge < -0.3 is 15.3 Å². The van der Waals surface area contributed by atoms with Gasteiger partial charge in [-0.3, -0.25) is 0 Å². The number of nitrogens with one attached hydrogen (secondary N) is 1. The fraction of sp³-hybridized carbons (Fsp3) is 0.727. The zero-order chi connectivity index (χ0) is 11.8. The van der Waals surface area contributed by atoms with Crippen LogP contribution in [0.2, 0.25) is 0 Å². The van der Waals surface area contributed by atoms with Gasteiger partial charge in [-0.2, -0.15) is 0 Å². The Bertz CT molecular complexity index is 225. The van der Waals surface area contributed by atoms with Gasteiger partial charge in [0, 0.05) is 31.8 Å². The summed E-state index contributed by atoms with van der Waals surface area (Å²) in [5.41, 5.74) is 0.842. The van der Waals surface area contributed by atoms with E-state index in [1.54, 1.807) is 0 Å². The summed E-state index contributed by atoms with van der Waals surface area (Å²) >= 11 is 0. The molecule has 2 N–H and O–H groups in total. The zero-order valence-electron chi connectivity index (χ0n) is 10.1. The molecule has 0 aromatic heterocycles. The maximum absolute atomic E-state index is 10.3. The van der Waals surface area contributed by atoms with Gasteiger partial charge in [0.25, 0.3) is 0 Å². The zero-order valence-corrected chi connectivity index (χ0v) is 10.1. The molecule has 0 saturated heterocycles. The summed E-state index contributed by atoms with van der Waals surface area (Å²) in [6, 6.07) is 0.544. The van der Waals surface area contributed by atoms with E-state index in [2.05, 4.69) is 31.1 Å². The van der Waals surface area contributed by atoms with Crippen LogP contribution in [-0.4, -0.2) is 48.7 Å². The first kappa shape index (κ1) is 14.1. The van der Waals surface area contributed by atoms with Crippen molar-refractivity contribution in [2.24, 2.45) is 0 Å². The van der Waals surface area contributed by atoms with E-state index in [0.29, 0.717) is 12.6 Å². The predicted octanol–water partition coefficient (Wildman–Crippen LogP) is 0.947. The molecule has 0 rings (SSSR count). The third kappa shape index (κ3) is 8.15. The molecule has 0 saturated carbocycles. The highest BCUT2D eigenvalue weighted by atomic mass is 16.4. The van der Waals surface area contributed by atoms with E-state index in [-0.39, 0.29) is 0 Å². The molecular formula is C11H22N2O2. The van der Waals surface area contributed by atoms with Crippen LogP contribution in [0, 0.1) is 0 Å². The molecule has 0 bridgehead atoms. The van der Waals surface area contributed by atoms with Crippen LogP contribution in [-0.2, 0) is 4.79 Å². The van der Waals surface area contributed by atoms with Gasteiger partial charge >= 0.3 is 5.97 Å². The Balaban J connectivity index is 3.59. The van der Waals surface area contributed by atoms with Crippen LogP contribution in [0.25, 0.3) is 0 Å². The third-order valence-corrected chi connectivity index (χ3v) is 2.30. The highest BCUT2D eigenvalue weighted by Gasteiger charge is 2.01. The molecule has 0 radical (unpaired) electrons. The average molecular weight is 214 g/mol. The molecule has 88 valence electrons. The van der Waals surface area contributed by atoms with Crippen molar-refractivity contribution in [3.05, 3.63) is 11.6 Å². The second-order valence-corrected chi connectivity index (χ2v) is 4.08. The first-order chi connectivity index (χ1) is 6.93. The predicted molar refractivity (Wildman–Crippen MR) is 62.0 cm³/mol. The lowest BCUT2D eigenvalue weighted by molar-refractivity contribution is -0.131. The molecular weight excluding hydrogens is 192 g/mol. The molecule has 0 unspecified atom stereocenters. The normalized spacial score (nSPS) is 12.5. The third-order valence-electron chi connectivity index (χ3n) is 2.30. The number of carboxylic acids is 1. The summed E-state index contributed by atoms with van der Waals surface area (Å²) in [4.78, 5) is 12.6. The minimum Gasteiger partial charge on any atom is -0.478 e. The highest BCUT2D eigenvalue weighted by Crippen LogP contribution is 1.92. The molecule has 0 atom stereocenters. The SMILES string of the molecule is CC(=CC(=O)O)CNCCN(C)C(C)C. The Labute approximate surface area is 92.0 Å². The molecule has 0 spiro atoms. The van der Waals surface area contributed by atoms with E-state index in [9.17, 15) is 4.79 Å². The Morgan fingerprint density at radius 1 is 1.53 bits per heavy atom. The van der Waals surface area contributed by atoms with Crippen molar-refractivity contribution >= 4 is 5.97 Å². The molecule has 0 aliphatic carbocycles. The van der Waals surface area contributed by atoms with Crippen molar-refractivity contribution in [3.63, 3.8) is 0 Å². The topological polar surface area (TPSA) is 52.6 Å². The number of carboxylic acid groups (broad SMARTS) is 1. The van der Waals surface area contributed by atoms with Crippen molar-refractivity contribution in [1.82, 2.24) is 10.2 Å². The van der Waals surface area contributed by atoms with E-state index in [4.69, 9.17) is 5.11 Å². The van der Waals surface area contributed by atoms with Crippen LogP contribution in [0.4, 0.5) is 0 Å². The van der Waals surface area contributed by atoms with E-state index < -0.39 is 5.97 Å². The molecule has 4 heteroatoms. The molecule has 0 aromatic rings. The van der Waals surface area contributed by atoms with Crippen LogP contribution in [0.5, 0.6) is 0 Å². The van der Waals surface area contributed by atoms with Crippen molar-refractivity contribution in [1.29, 1.82) is 0 Å². The summed E-state index contributed by atoms with van der Waals surface area (Å²) in [5, 5.41) is 11.7. The van der Waals surface area contributed by atoms with Gasteiger partial charge in [0.1, 0.15) is 0 Å². The lowest BCUT2D eigenvalue weighted by Crippen LogP contribution is -2.34. The summed E-state index contributed by atoms with van der Waals surface area (Å²) in [7, 11) is 2.08. The van der Waals surface area contributed by atoms with Crippen molar-refractivity contribution < 1.29 is 9.90 Å². The van der Waals surface area contributed by atoms with E-state index in [0.717, 1.165) is 18.7 Å². The quantitative estimate of drug-likeness (QED) is 0.489. The number of hydrogen-bond acceptors (Lipinski definition) is 3. The first-order valence-corrected chi connectivity index (χ1v) is 5.24. The maximum Gasteiger partial charge on any atom is 0.328 e. The number of aliphatic carboxylic acids is 1. The molecule has 0 fully saturated rings. The Hall–Kier alpha value is -0.870. The second kappa shape index (κ2) is 7.43. The van der Waals surface area contributed by atoms with Gasteiger partial charge in [-0.05, 0) is 27.8 Å². The lowest BCUT2D eigenvalue weighted by Gasteiger charge is -2.20. The fourth-order valence-corrected chi connectivity index (χ4v) is 1.06. The Morgan fingerprint density at radius 2 is 2.13 bits per heavy atom. The van der Waals surface area contributed by atoms with Crippen molar-refractivity contribution in [3.8, 4) is 0 Å². The number of hydrogen-bond donors (Lipinski definition) is 2. The Kier molecular flexibility index (Phi) is 6.99. The minimum absolute atomic E-state index is 0.544. The van der Waals surface area contributed by atoms with Crippen LogP contribution in [0.1, 0.15) is 20.8 Å². The minimum atomic E-state index is -0.881. The Morgan fingerprint density at radius 3 is 2.60 bits per heavy atom. The molecule has 4 nitrogen and oxygen atoms in total. The standard InChI is InChI=1S/C11H22N2O2/c1-9(2)13(4)6-5-12-8-10(3)7-11(14)15/h7,9,12H,5-6,8H2,1-4H3,(H,14,15). The summed E-state index contributed by atoms with van der Waals surface area (Å²) < 4.78 is 0. The van der Waals surface area contributed by atoms with Crippen molar-refractivity contribution in [2.45, 2.75) is 26.8 Å². The smallest absolute Gasteiger partial charge is 0.328 e. The second-order valence-electron chi connectivity index (χ2n) is 4.08. The fourth-order valence-electron chi connectivity index (χ4n) is 1.06. The molecule has 0 aliphatic rings.